The van der Waals surface area contributed by atoms with E-state index in [1.807, 2.05) is 0 Å². The van der Waals surface area contributed by atoms with Crippen LogP contribution in [-0.2, 0) is 6.54 Å². The van der Waals surface area contributed by atoms with E-state index in [1.54, 1.807) is 19.9 Å². The van der Waals surface area contributed by atoms with Gasteiger partial charge in [0.2, 0.25) is 5.88 Å². The summed E-state index contributed by atoms with van der Waals surface area (Å²) in [6, 6.07) is 2.92. The van der Waals surface area contributed by atoms with Gasteiger partial charge >= 0.3 is 12.8 Å². The van der Waals surface area contributed by atoms with E-state index in [4.69, 9.17) is 4.74 Å². The number of hydrogen-bond acceptors (Lipinski definition) is 6. The molecule has 13 heteroatoms. The van der Waals surface area contributed by atoms with Crippen molar-refractivity contribution in [2.45, 2.75) is 33.2 Å². The van der Waals surface area contributed by atoms with Gasteiger partial charge in [0.1, 0.15) is 6.54 Å². The number of ether oxygens (including phenoxy) is 2. The van der Waals surface area contributed by atoms with Crippen LogP contribution >= 0.6 is 0 Å². The molecular weight excluding hydrogens is 465 g/mol. The molecule has 4 aromatic rings. The summed E-state index contributed by atoms with van der Waals surface area (Å²) in [6.45, 7) is -1.02. The minimum Gasteiger partial charge on any atom is -0.494 e. The second-order valence-electron chi connectivity index (χ2n) is 7.41. The van der Waals surface area contributed by atoms with Crippen molar-refractivity contribution >= 4 is 10.9 Å². The lowest BCUT2D eigenvalue weighted by Gasteiger charge is -2.11. The van der Waals surface area contributed by atoms with Crippen LogP contribution in [0, 0.1) is 13.8 Å². The summed E-state index contributed by atoms with van der Waals surface area (Å²) < 4.78 is 75.1. The average molecular weight is 483 g/mol. The molecule has 4 aromatic heterocycles. The number of aryl methyl sites for hydroxylation is 2. The maximum Gasteiger partial charge on any atom is 0.408 e. The molecular formula is C21H18F5N5O3. The van der Waals surface area contributed by atoms with Gasteiger partial charge in [0.15, 0.2) is 5.75 Å². The average Bonchev–Trinajstić information content (AvgIpc) is 3.28. The van der Waals surface area contributed by atoms with E-state index in [0.717, 1.165) is 10.9 Å². The number of pyridine rings is 2. The topological polar surface area (TPSA) is 87.2 Å². The SMILES string of the molecule is COc1ncc(-c2cc(C)c3c(O)n(-c4cnn(CC(F)(F)F)c4)c(C)c3n2)cc1OC(F)F. The Hall–Kier alpha value is -3.90. The molecule has 1 N–H and O–H groups in total. The highest BCUT2D eigenvalue weighted by molar-refractivity contribution is 5.93. The molecule has 4 heterocycles. The van der Waals surface area contributed by atoms with Crippen LogP contribution in [0.5, 0.6) is 17.5 Å². The first kappa shape index (κ1) is 23.3. The van der Waals surface area contributed by atoms with Gasteiger partial charge in [-0.15, -0.1) is 0 Å². The lowest BCUT2D eigenvalue weighted by Crippen LogP contribution is -2.17. The molecule has 0 aliphatic heterocycles. The second kappa shape index (κ2) is 8.47. The maximum absolute atomic E-state index is 12.8. The molecule has 34 heavy (non-hydrogen) atoms. The molecule has 8 nitrogen and oxygen atoms in total. The van der Waals surface area contributed by atoms with Crippen molar-refractivity contribution < 1.29 is 36.5 Å². The zero-order chi connectivity index (χ0) is 24.8. The van der Waals surface area contributed by atoms with Gasteiger partial charge in [-0.3, -0.25) is 9.25 Å². The smallest absolute Gasteiger partial charge is 0.408 e. The fourth-order valence-corrected chi connectivity index (χ4v) is 3.70. The number of halogens is 5. The van der Waals surface area contributed by atoms with E-state index in [-0.39, 0.29) is 23.2 Å². The van der Waals surface area contributed by atoms with Crippen LogP contribution in [-0.4, -0.2) is 49.3 Å². The molecule has 0 aliphatic rings. The number of rotatable bonds is 6. The molecule has 0 radical (unpaired) electrons. The Morgan fingerprint density at radius 3 is 2.53 bits per heavy atom. The summed E-state index contributed by atoms with van der Waals surface area (Å²) in [5, 5.41) is 15.0. The molecule has 0 aromatic carbocycles. The number of alkyl halides is 5. The quantitative estimate of drug-likeness (QED) is 0.398. The molecule has 180 valence electrons. The van der Waals surface area contributed by atoms with E-state index >= 15 is 0 Å². The monoisotopic (exact) mass is 483 g/mol. The molecule has 0 atom stereocenters. The van der Waals surface area contributed by atoms with Gasteiger partial charge in [-0.2, -0.15) is 27.1 Å². The van der Waals surface area contributed by atoms with Gasteiger partial charge < -0.3 is 14.6 Å². The maximum atomic E-state index is 12.8. The Bertz CT molecular complexity index is 1360. The van der Waals surface area contributed by atoms with Crippen LogP contribution in [0.1, 0.15) is 11.3 Å². The summed E-state index contributed by atoms with van der Waals surface area (Å²) in [7, 11) is 1.26. The third kappa shape index (κ3) is 4.32. The number of aromatic nitrogens is 5. The van der Waals surface area contributed by atoms with Crippen LogP contribution in [0.4, 0.5) is 22.0 Å². The molecule has 0 saturated heterocycles. The number of aromatic hydroxyl groups is 1. The molecule has 0 amide bonds. The van der Waals surface area contributed by atoms with E-state index in [9.17, 15) is 27.1 Å². The Morgan fingerprint density at radius 1 is 1.15 bits per heavy atom. The fraction of sp³-hybridized carbons (Fsp3) is 0.286. The van der Waals surface area contributed by atoms with Crippen molar-refractivity contribution in [3.63, 3.8) is 0 Å². The summed E-state index contributed by atoms with van der Waals surface area (Å²) >= 11 is 0. The Morgan fingerprint density at radius 2 is 1.88 bits per heavy atom. The lowest BCUT2D eigenvalue weighted by atomic mass is 10.1. The first-order valence-corrected chi connectivity index (χ1v) is 9.79. The summed E-state index contributed by atoms with van der Waals surface area (Å²) in [5.41, 5.74) is 2.32. The van der Waals surface area contributed by atoms with Gasteiger partial charge in [0.05, 0.1) is 35.6 Å². The van der Waals surface area contributed by atoms with E-state index in [0.29, 0.717) is 33.4 Å². The zero-order valence-corrected chi connectivity index (χ0v) is 18.1. The molecule has 0 fully saturated rings. The van der Waals surface area contributed by atoms with E-state index in [2.05, 4.69) is 19.8 Å². The van der Waals surface area contributed by atoms with Crippen molar-refractivity contribution in [1.82, 2.24) is 24.3 Å². The van der Waals surface area contributed by atoms with Crippen molar-refractivity contribution in [2.75, 3.05) is 7.11 Å². The van der Waals surface area contributed by atoms with Gasteiger partial charge in [0, 0.05) is 23.7 Å². The highest BCUT2D eigenvalue weighted by atomic mass is 19.4. The second-order valence-corrected chi connectivity index (χ2v) is 7.41. The van der Waals surface area contributed by atoms with Gasteiger partial charge in [-0.1, -0.05) is 0 Å². The summed E-state index contributed by atoms with van der Waals surface area (Å²) in [4.78, 5) is 8.53. The third-order valence-electron chi connectivity index (χ3n) is 5.07. The standard InChI is InChI=1S/C21H18F5N5O3/c1-10-4-14(12-5-15(34-20(22)23)18(33-3)27-6-12)29-17-11(2)31(19(32)16(10)17)13-7-28-30(8-13)9-21(24,25)26/h4-8,20,32H,9H2,1-3H3. The fourth-order valence-electron chi connectivity index (χ4n) is 3.70. The highest BCUT2D eigenvalue weighted by Crippen LogP contribution is 2.38. The van der Waals surface area contributed by atoms with Crippen LogP contribution in [0.25, 0.3) is 27.8 Å². The third-order valence-corrected chi connectivity index (χ3v) is 5.07. The molecule has 0 bridgehead atoms. The summed E-state index contributed by atoms with van der Waals surface area (Å²) in [5.74, 6) is -0.619. The van der Waals surface area contributed by atoms with Crippen molar-refractivity contribution in [2.24, 2.45) is 0 Å². The highest BCUT2D eigenvalue weighted by Gasteiger charge is 2.29. The number of hydrogen-bond donors (Lipinski definition) is 1. The first-order valence-electron chi connectivity index (χ1n) is 9.79. The minimum atomic E-state index is -4.45. The van der Waals surface area contributed by atoms with Gasteiger partial charge in [-0.05, 0) is 31.5 Å². The van der Waals surface area contributed by atoms with Crippen molar-refractivity contribution in [3.05, 3.63) is 42.0 Å². The minimum absolute atomic E-state index is 0.127. The predicted molar refractivity (Wildman–Crippen MR) is 110 cm³/mol. The van der Waals surface area contributed by atoms with Crippen LogP contribution in [0.2, 0.25) is 0 Å². The lowest BCUT2D eigenvalue weighted by molar-refractivity contribution is -0.142. The number of methoxy groups -OCH3 is 1. The molecule has 0 saturated carbocycles. The van der Waals surface area contributed by atoms with Gasteiger partial charge in [0.25, 0.3) is 5.88 Å². The Kier molecular flexibility index (Phi) is 5.79. The first-order chi connectivity index (χ1) is 16.0. The molecule has 0 unspecified atom stereocenters. The van der Waals surface area contributed by atoms with Crippen molar-refractivity contribution in [3.8, 4) is 34.5 Å². The van der Waals surface area contributed by atoms with Crippen LogP contribution < -0.4 is 9.47 Å². The van der Waals surface area contributed by atoms with Gasteiger partial charge in [-0.25, -0.2) is 9.97 Å². The number of fused-ring (bicyclic) bond motifs is 1. The van der Waals surface area contributed by atoms with E-state index in [1.165, 1.54) is 30.1 Å². The predicted octanol–water partition coefficient (Wildman–Crippen LogP) is 4.78. The van der Waals surface area contributed by atoms with Crippen LogP contribution in [0.3, 0.4) is 0 Å². The zero-order valence-electron chi connectivity index (χ0n) is 18.1. The molecule has 0 spiro atoms. The summed E-state index contributed by atoms with van der Waals surface area (Å²) in [6.07, 6.45) is -0.710. The molecule has 4 rings (SSSR count). The largest absolute Gasteiger partial charge is 0.494 e. The van der Waals surface area contributed by atoms with Crippen LogP contribution in [0.15, 0.2) is 30.7 Å². The normalized spacial score (nSPS) is 12.0. The Balaban J connectivity index is 1.82. The molecule has 0 aliphatic carbocycles. The van der Waals surface area contributed by atoms with E-state index < -0.39 is 19.3 Å². The number of nitrogens with zero attached hydrogens (tertiary/aromatic N) is 5. The Labute approximate surface area is 189 Å². The van der Waals surface area contributed by atoms with Crippen molar-refractivity contribution in [1.29, 1.82) is 0 Å².